The van der Waals surface area contributed by atoms with E-state index in [9.17, 15) is 9.59 Å². The predicted octanol–water partition coefficient (Wildman–Crippen LogP) is 5.42. The molecular weight excluding hydrogens is 340 g/mol. The lowest BCUT2D eigenvalue weighted by molar-refractivity contribution is -0.140. The van der Waals surface area contributed by atoms with Crippen LogP contribution in [0.1, 0.15) is 55.8 Å². The lowest BCUT2D eigenvalue weighted by Crippen LogP contribution is -2.25. The van der Waals surface area contributed by atoms with Crippen LogP contribution in [0, 0.1) is 11.8 Å². The van der Waals surface area contributed by atoms with Gasteiger partial charge in [0.05, 0.1) is 11.5 Å². The van der Waals surface area contributed by atoms with Crippen molar-refractivity contribution in [2.75, 3.05) is 0 Å². The van der Waals surface area contributed by atoms with Gasteiger partial charge < -0.3 is 9.47 Å². The van der Waals surface area contributed by atoms with Crippen LogP contribution in [0.3, 0.4) is 0 Å². The van der Waals surface area contributed by atoms with Gasteiger partial charge in [0.25, 0.3) is 0 Å². The van der Waals surface area contributed by atoms with Gasteiger partial charge in [0.15, 0.2) is 0 Å². The van der Waals surface area contributed by atoms with Gasteiger partial charge in [-0.3, -0.25) is 4.79 Å². The minimum absolute atomic E-state index is 0.00584. The Labute approximate surface area is 160 Å². The lowest BCUT2D eigenvalue weighted by Gasteiger charge is -2.26. The molecule has 1 saturated carbocycles. The third kappa shape index (κ3) is 5.43. The van der Waals surface area contributed by atoms with Gasteiger partial charge in [-0.2, -0.15) is 0 Å². The molecule has 2 aromatic rings. The van der Waals surface area contributed by atoms with Gasteiger partial charge in [0, 0.05) is 0 Å². The van der Waals surface area contributed by atoms with Crippen LogP contribution in [0.4, 0.5) is 0 Å². The SMILES string of the molecule is CCCC1CCC(C(=O)Oc2ccc(OC(=O)c3ccccc3)cc2)CC1. The van der Waals surface area contributed by atoms with E-state index < -0.39 is 5.97 Å². The summed E-state index contributed by atoms with van der Waals surface area (Å²) in [4.78, 5) is 24.4. The predicted molar refractivity (Wildman–Crippen MR) is 104 cm³/mol. The number of rotatable bonds is 6. The summed E-state index contributed by atoms with van der Waals surface area (Å²) in [5.74, 6) is 1.09. The first-order valence-corrected chi connectivity index (χ1v) is 9.74. The molecule has 0 bridgehead atoms. The smallest absolute Gasteiger partial charge is 0.343 e. The fraction of sp³-hybridized carbons (Fsp3) is 0.391. The Morgan fingerprint density at radius 3 is 2.04 bits per heavy atom. The number of carbonyl (C=O) groups is 2. The molecule has 1 aliphatic carbocycles. The number of ether oxygens (including phenoxy) is 2. The molecule has 0 unspecified atom stereocenters. The number of esters is 2. The maximum atomic E-state index is 12.4. The molecule has 4 heteroatoms. The maximum Gasteiger partial charge on any atom is 0.343 e. The molecule has 0 aliphatic heterocycles. The molecular formula is C23H26O4. The van der Waals surface area contributed by atoms with E-state index in [0.717, 1.165) is 31.6 Å². The van der Waals surface area contributed by atoms with E-state index in [1.165, 1.54) is 12.8 Å². The molecule has 0 atom stereocenters. The zero-order valence-electron chi connectivity index (χ0n) is 15.7. The Balaban J connectivity index is 1.50. The quantitative estimate of drug-likeness (QED) is 0.506. The highest BCUT2D eigenvalue weighted by Crippen LogP contribution is 2.32. The standard InChI is InChI=1S/C23H26O4/c1-2-6-17-9-11-19(12-10-17)23(25)27-21-15-13-20(14-16-21)26-22(24)18-7-4-3-5-8-18/h3-5,7-8,13-17,19H,2,6,9-12H2,1H3. The van der Waals surface area contributed by atoms with E-state index in [4.69, 9.17) is 9.47 Å². The van der Waals surface area contributed by atoms with Crippen LogP contribution in [-0.4, -0.2) is 11.9 Å². The summed E-state index contributed by atoms with van der Waals surface area (Å²) >= 11 is 0. The van der Waals surface area contributed by atoms with Crippen molar-refractivity contribution in [2.45, 2.75) is 45.4 Å². The van der Waals surface area contributed by atoms with Gasteiger partial charge in [-0.25, -0.2) is 4.79 Å². The van der Waals surface area contributed by atoms with Gasteiger partial charge >= 0.3 is 11.9 Å². The summed E-state index contributed by atoms with van der Waals surface area (Å²) in [5, 5.41) is 0. The summed E-state index contributed by atoms with van der Waals surface area (Å²) < 4.78 is 10.8. The third-order valence-electron chi connectivity index (χ3n) is 5.14. The van der Waals surface area contributed by atoms with Crippen LogP contribution < -0.4 is 9.47 Å². The average molecular weight is 366 g/mol. The molecule has 2 aromatic carbocycles. The summed E-state index contributed by atoms with van der Waals surface area (Å²) in [6.45, 7) is 2.21. The van der Waals surface area contributed by atoms with Crippen molar-refractivity contribution in [3.8, 4) is 11.5 Å². The van der Waals surface area contributed by atoms with E-state index in [-0.39, 0.29) is 11.9 Å². The summed E-state index contributed by atoms with van der Waals surface area (Å²) in [7, 11) is 0. The minimum atomic E-state index is -0.413. The first-order valence-electron chi connectivity index (χ1n) is 9.74. The Bertz CT molecular complexity index is 744. The van der Waals surface area contributed by atoms with Gasteiger partial charge in [-0.1, -0.05) is 38.0 Å². The van der Waals surface area contributed by atoms with Crippen molar-refractivity contribution >= 4 is 11.9 Å². The van der Waals surface area contributed by atoms with Crippen molar-refractivity contribution in [3.05, 3.63) is 60.2 Å². The normalized spacial score (nSPS) is 19.3. The molecule has 0 saturated heterocycles. The van der Waals surface area contributed by atoms with Crippen LogP contribution in [0.15, 0.2) is 54.6 Å². The van der Waals surface area contributed by atoms with Crippen LogP contribution in [0.2, 0.25) is 0 Å². The van der Waals surface area contributed by atoms with Crippen molar-refractivity contribution in [1.82, 2.24) is 0 Å². The highest BCUT2D eigenvalue weighted by atomic mass is 16.5. The van der Waals surface area contributed by atoms with E-state index in [1.54, 1.807) is 48.5 Å². The molecule has 3 rings (SSSR count). The molecule has 27 heavy (non-hydrogen) atoms. The second-order valence-electron chi connectivity index (χ2n) is 7.15. The number of carbonyl (C=O) groups excluding carboxylic acids is 2. The topological polar surface area (TPSA) is 52.6 Å². The van der Waals surface area contributed by atoms with Gasteiger partial charge in [-0.05, 0) is 68.0 Å². The van der Waals surface area contributed by atoms with Gasteiger partial charge in [0.2, 0.25) is 0 Å². The Morgan fingerprint density at radius 1 is 0.852 bits per heavy atom. The van der Waals surface area contributed by atoms with Gasteiger partial charge in [0.1, 0.15) is 11.5 Å². The average Bonchev–Trinajstić information content (AvgIpc) is 2.71. The number of hydrogen-bond acceptors (Lipinski definition) is 4. The zero-order chi connectivity index (χ0) is 19.1. The monoisotopic (exact) mass is 366 g/mol. The highest BCUT2D eigenvalue weighted by molar-refractivity contribution is 5.91. The molecule has 0 aromatic heterocycles. The second-order valence-corrected chi connectivity index (χ2v) is 7.15. The zero-order valence-corrected chi connectivity index (χ0v) is 15.7. The van der Waals surface area contributed by atoms with E-state index in [1.807, 2.05) is 6.07 Å². The van der Waals surface area contributed by atoms with Crippen molar-refractivity contribution in [1.29, 1.82) is 0 Å². The first kappa shape index (κ1) is 19.2. The Kier molecular flexibility index (Phi) is 6.64. The molecule has 142 valence electrons. The minimum Gasteiger partial charge on any atom is -0.426 e. The fourth-order valence-electron chi connectivity index (χ4n) is 3.61. The van der Waals surface area contributed by atoms with Crippen LogP contribution >= 0.6 is 0 Å². The molecule has 0 radical (unpaired) electrons. The van der Waals surface area contributed by atoms with Crippen LogP contribution in [0.25, 0.3) is 0 Å². The third-order valence-corrected chi connectivity index (χ3v) is 5.14. The molecule has 4 nitrogen and oxygen atoms in total. The molecule has 1 aliphatic rings. The first-order chi connectivity index (χ1) is 13.2. The van der Waals surface area contributed by atoms with E-state index in [2.05, 4.69) is 6.92 Å². The molecule has 0 N–H and O–H groups in total. The van der Waals surface area contributed by atoms with Crippen molar-refractivity contribution in [3.63, 3.8) is 0 Å². The summed E-state index contributed by atoms with van der Waals surface area (Å²) in [5.41, 5.74) is 0.492. The fourth-order valence-corrected chi connectivity index (χ4v) is 3.61. The van der Waals surface area contributed by atoms with E-state index in [0.29, 0.717) is 17.1 Å². The van der Waals surface area contributed by atoms with Crippen molar-refractivity contribution in [2.24, 2.45) is 11.8 Å². The van der Waals surface area contributed by atoms with E-state index >= 15 is 0 Å². The van der Waals surface area contributed by atoms with Crippen molar-refractivity contribution < 1.29 is 19.1 Å². The van der Waals surface area contributed by atoms with Gasteiger partial charge in [-0.15, -0.1) is 0 Å². The highest BCUT2D eigenvalue weighted by Gasteiger charge is 2.27. The Hall–Kier alpha value is -2.62. The molecule has 1 fully saturated rings. The van der Waals surface area contributed by atoms with Crippen LogP contribution in [-0.2, 0) is 4.79 Å². The van der Waals surface area contributed by atoms with Crippen LogP contribution in [0.5, 0.6) is 11.5 Å². The molecule has 0 heterocycles. The molecule has 0 spiro atoms. The molecule has 0 amide bonds. The summed E-state index contributed by atoms with van der Waals surface area (Å²) in [6, 6.07) is 15.4. The largest absolute Gasteiger partial charge is 0.426 e. The lowest BCUT2D eigenvalue weighted by atomic mass is 9.80. The second kappa shape index (κ2) is 9.36. The Morgan fingerprint density at radius 2 is 1.44 bits per heavy atom. The number of benzene rings is 2. The summed E-state index contributed by atoms with van der Waals surface area (Å²) in [6.07, 6.45) is 6.52. The number of hydrogen-bond donors (Lipinski definition) is 0. The maximum absolute atomic E-state index is 12.4.